The fourth-order valence-electron chi connectivity index (χ4n) is 1.30. The standard InChI is InChI=1S/C7H10F2IN/c1-11-5-3-2-4-7(8,9)6(5)10/h5-6H,1-4H2/t5-,6-/m0/s1. The van der Waals surface area contributed by atoms with Crippen LogP contribution in [0.2, 0.25) is 0 Å². The molecule has 0 aromatic heterocycles. The normalized spacial score (nSPS) is 36.6. The lowest BCUT2D eigenvalue weighted by atomic mass is 9.92. The molecule has 0 saturated heterocycles. The van der Waals surface area contributed by atoms with Crippen LogP contribution in [-0.4, -0.2) is 22.6 Å². The van der Waals surface area contributed by atoms with Gasteiger partial charge in [-0.3, -0.25) is 4.99 Å². The maximum atomic E-state index is 12.9. The van der Waals surface area contributed by atoms with Crippen LogP contribution in [0.15, 0.2) is 4.99 Å². The largest absolute Gasteiger partial charge is 0.296 e. The van der Waals surface area contributed by atoms with Crippen LogP contribution in [0.1, 0.15) is 19.3 Å². The molecule has 1 saturated carbocycles. The Labute approximate surface area is 78.4 Å². The van der Waals surface area contributed by atoms with Crippen molar-refractivity contribution in [2.75, 3.05) is 0 Å². The molecule has 0 aliphatic heterocycles. The fourth-order valence-corrected chi connectivity index (χ4v) is 2.19. The van der Waals surface area contributed by atoms with Gasteiger partial charge < -0.3 is 0 Å². The van der Waals surface area contributed by atoms with Gasteiger partial charge in [-0.2, -0.15) is 0 Å². The van der Waals surface area contributed by atoms with Gasteiger partial charge in [-0.15, -0.1) is 0 Å². The van der Waals surface area contributed by atoms with Crippen molar-refractivity contribution in [2.24, 2.45) is 4.99 Å². The van der Waals surface area contributed by atoms with Crippen molar-refractivity contribution < 1.29 is 8.78 Å². The Balaban J connectivity index is 2.67. The lowest BCUT2D eigenvalue weighted by Crippen LogP contribution is -2.41. The van der Waals surface area contributed by atoms with E-state index in [2.05, 4.69) is 11.7 Å². The van der Waals surface area contributed by atoms with E-state index in [4.69, 9.17) is 0 Å². The van der Waals surface area contributed by atoms with Crippen LogP contribution in [0, 0.1) is 0 Å². The van der Waals surface area contributed by atoms with Crippen molar-refractivity contribution in [3.63, 3.8) is 0 Å². The van der Waals surface area contributed by atoms with Gasteiger partial charge in [0, 0.05) is 6.42 Å². The zero-order chi connectivity index (χ0) is 8.48. The molecular formula is C7H10F2IN. The Morgan fingerprint density at radius 1 is 1.55 bits per heavy atom. The van der Waals surface area contributed by atoms with Crippen molar-refractivity contribution in [1.82, 2.24) is 0 Å². The molecule has 0 spiro atoms. The number of halogens is 3. The molecule has 1 nitrogen and oxygen atoms in total. The third-order valence-electron chi connectivity index (χ3n) is 1.99. The second kappa shape index (κ2) is 3.33. The first kappa shape index (κ1) is 9.35. The van der Waals surface area contributed by atoms with Gasteiger partial charge in [0.05, 0.1) is 9.97 Å². The summed E-state index contributed by atoms with van der Waals surface area (Å²) < 4.78 is 25.2. The number of hydrogen-bond acceptors (Lipinski definition) is 1. The minimum absolute atomic E-state index is 0.00657. The summed E-state index contributed by atoms with van der Waals surface area (Å²) >= 11 is 1.78. The highest BCUT2D eigenvalue weighted by molar-refractivity contribution is 14.1. The summed E-state index contributed by atoms with van der Waals surface area (Å²) in [6.45, 7) is 3.31. The first-order chi connectivity index (χ1) is 5.08. The predicted octanol–water partition coefficient (Wildman–Crippen LogP) is 2.68. The molecule has 0 unspecified atom stereocenters. The number of hydrogen-bond donors (Lipinski definition) is 0. The van der Waals surface area contributed by atoms with Crippen LogP contribution < -0.4 is 0 Å². The van der Waals surface area contributed by atoms with E-state index >= 15 is 0 Å². The average Bonchev–Trinajstić information content (AvgIpc) is 1.95. The third-order valence-corrected chi connectivity index (χ3v) is 3.73. The van der Waals surface area contributed by atoms with Gasteiger partial charge in [-0.05, 0) is 19.6 Å². The first-order valence-electron chi connectivity index (χ1n) is 3.55. The molecule has 0 bridgehead atoms. The van der Waals surface area contributed by atoms with E-state index in [1.807, 2.05) is 0 Å². The highest BCUT2D eigenvalue weighted by Crippen LogP contribution is 2.39. The molecule has 0 N–H and O–H groups in total. The molecule has 11 heavy (non-hydrogen) atoms. The van der Waals surface area contributed by atoms with Gasteiger partial charge in [0.25, 0.3) is 5.92 Å². The van der Waals surface area contributed by atoms with Crippen molar-refractivity contribution >= 4 is 29.3 Å². The van der Waals surface area contributed by atoms with Gasteiger partial charge in [-0.1, -0.05) is 22.6 Å². The van der Waals surface area contributed by atoms with Crippen LogP contribution >= 0.6 is 22.6 Å². The Morgan fingerprint density at radius 2 is 2.18 bits per heavy atom. The molecular weight excluding hydrogens is 263 g/mol. The molecule has 4 heteroatoms. The maximum Gasteiger partial charge on any atom is 0.261 e. The quantitative estimate of drug-likeness (QED) is 0.395. The summed E-state index contributed by atoms with van der Waals surface area (Å²) in [4.78, 5) is 3.69. The van der Waals surface area contributed by atoms with Crippen LogP contribution in [0.3, 0.4) is 0 Å². The van der Waals surface area contributed by atoms with Crippen LogP contribution in [0.5, 0.6) is 0 Å². The van der Waals surface area contributed by atoms with Crippen molar-refractivity contribution in [3.05, 3.63) is 0 Å². The molecule has 0 aromatic rings. The van der Waals surface area contributed by atoms with Crippen molar-refractivity contribution in [3.8, 4) is 0 Å². The van der Waals surface area contributed by atoms with E-state index in [9.17, 15) is 8.78 Å². The molecule has 0 radical (unpaired) electrons. The Hall–Kier alpha value is 0.260. The highest BCUT2D eigenvalue weighted by atomic mass is 127. The van der Waals surface area contributed by atoms with Crippen molar-refractivity contribution in [1.29, 1.82) is 0 Å². The summed E-state index contributed by atoms with van der Waals surface area (Å²) in [5.74, 6) is -2.54. The second-order valence-corrected chi connectivity index (χ2v) is 4.15. The number of nitrogens with zero attached hydrogens (tertiary/aromatic N) is 1. The molecule has 2 atom stereocenters. The van der Waals surface area contributed by atoms with Gasteiger partial charge in [0.2, 0.25) is 0 Å². The Morgan fingerprint density at radius 3 is 2.64 bits per heavy atom. The first-order valence-corrected chi connectivity index (χ1v) is 4.80. The summed E-state index contributed by atoms with van der Waals surface area (Å²) in [7, 11) is 0. The summed E-state index contributed by atoms with van der Waals surface area (Å²) in [6.07, 6.45) is 1.33. The smallest absolute Gasteiger partial charge is 0.261 e. The van der Waals surface area contributed by atoms with E-state index in [0.29, 0.717) is 6.42 Å². The highest BCUT2D eigenvalue weighted by Gasteiger charge is 2.44. The maximum absolute atomic E-state index is 12.9. The van der Waals surface area contributed by atoms with Gasteiger partial charge in [0.1, 0.15) is 0 Å². The molecule has 1 fully saturated rings. The van der Waals surface area contributed by atoms with Crippen LogP contribution in [-0.2, 0) is 0 Å². The van der Waals surface area contributed by atoms with Crippen molar-refractivity contribution in [2.45, 2.75) is 35.2 Å². The zero-order valence-electron chi connectivity index (χ0n) is 6.06. The molecule has 0 heterocycles. The summed E-state index contributed by atoms with van der Waals surface area (Å²) in [5.41, 5.74) is 0. The van der Waals surface area contributed by atoms with E-state index in [0.717, 1.165) is 6.42 Å². The van der Waals surface area contributed by atoms with Crippen LogP contribution in [0.25, 0.3) is 0 Å². The van der Waals surface area contributed by atoms with E-state index in [1.165, 1.54) is 0 Å². The molecule has 1 rings (SSSR count). The monoisotopic (exact) mass is 273 g/mol. The van der Waals surface area contributed by atoms with Gasteiger partial charge >= 0.3 is 0 Å². The SMILES string of the molecule is C=N[C@H]1CCCC(F)(F)[C@H]1I. The fraction of sp³-hybridized carbons (Fsp3) is 0.857. The van der Waals surface area contributed by atoms with E-state index in [-0.39, 0.29) is 12.5 Å². The zero-order valence-corrected chi connectivity index (χ0v) is 8.22. The molecule has 1 aliphatic rings. The second-order valence-electron chi connectivity index (χ2n) is 2.80. The van der Waals surface area contributed by atoms with Gasteiger partial charge in [0.15, 0.2) is 0 Å². The molecule has 1 aliphatic carbocycles. The minimum Gasteiger partial charge on any atom is -0.296 e. The predicted molar refractivity (Wildman–Crippen MR) is 49.9 cm³/mol. The Kier molecular flexibility index (Phi) is 2.83. The minimum atomic E-state index is -2.54. The van der Waals surface area contributed by atoms with E-state index < -0.39 is 9.85 Å². The van der Waals surface area contributed by atoms with E-state index in [1.54, 1.807) is 22.6 Å². The Bertz CT molecular complexity index is 161. The molecule has 64 valence electrons. The lowest BCUT2D eigenvalue weighted by molar-refractivity contribution is -0.0272. The molecule has 0 aromatic carbocycles. The molecule has 0 amide bonds. The lowest BCUT2D eigenvalue weighted by Gasteiger charge is -2.31. The number of aliphatic imine (C=N–C) groups is 1. The average molecular weight is 273 g/mol. The number of alkyl halides is 3. The van der Waals surface area contributed by atoms with Crippen LogP contribution in [0.4, 0.5) is 8.78 Å². The third kappa shape index (κ3) is 1.89. The summed E-state index contributed by atoms with van der Waals surface area (Å²) in [6, 6.07) is -0.251. The topological polar surface area (TPSA) is 12.4 Å². The van der Waals surface area contributed by atoms with Gasteiger partial charge in [-0.25, -0.2) is 8.78 Å². The number of rotatable bonds is 1. The summed E-state index contributed by atoms with van der Waals surface area (Å²) in [5, 5.41) is 0.